The van der Waals surface area contributed by atoms with Gasteiger partial charge >= 0.3 is 0 Å². The number of H-pyrrole nitrogens is 1. The van der Waals surface area contributed by atoms with E-state index in [1.165, 1.54) is 24.4 Å². The number of aromatic nitrogens is 2. The van der Waals surface area contributed by atoms with E-state index < -0.39 is 0 Å². The Balaban J connectivity index is 2.17. The van der Waals surface area contributed by atoms with Gasteiger partial charge in [0.1, 0.15) is 5.82 Å². The highest BCUT2D eigenvalue weighted by Crippen LogP contribution is 2.11. The molecule has 0 radical (unpaired) electrons. The van der Waals surface area contributed by atoms with Gasteiger partial charge in [0, 0.05) is 11.4 Å². The fourth-order valence-corrected chi connectivity index (χ4v) is 1.34. The average Bonchev–Trinajstić information content (AvgIpc) is 2.64. The van der Waals surface area contributed by atoms with Gasteiger partial charge in [0.25, 0.3) is 5.91 Å². The number of carbonyl (C=O) groups excluding carboxylic acids is 1. The third-order valence-corrected chi connectivity index (χ3v) is 2.16. The Kier molecular flexibility index (Phi) is 2.68. The van der Waals surface area contributed by atoms with E-state index in [1.54, 1.807) is 13.0 Å². The van der Waals surface area contributed by atoms with Crippen molar-refractivity contribution in [3.63, 3.8) is 0 Å². The number of aromatic amines is 1. The predicted molar refractivity (Wildman–Crippen MR) is 57.7 cm³/mol. The molecule has 1 aromatic heterocycles. The van der Waals surface area contributed by atoms with Crippen LogP contribution in [0.3, 0.4) is 0 Å². The molecule has 0 aliphatic heterocycles. The molecule has 0 aliphatic rings. The van der Waals surface area contributed by atoms with Crippen LogP contribution in [0.15, 0.2) is 30.5 Å². The lowest BCUT2D eigenvalue weighted by molar-refractivity contribution is 0.102. The summed E-state index contributed by atoms with van der Waals surface area (Å²) in [7, 11) is 0. The van der Waals surface area contributed by atoms with Crippen LogP contribution in [0.2, 0.25) is 0 Å². The molecule has 0 spiro atoms. The van der Waals surface area contributed by atoms with Crippen molar-refractivity contribution in [3.05, 3.63) is 47.5 Å². The molecule has 16 heavy (non-hydrogen) atoms. The summed E-state index contributed by atoms with van der Waals surface area (Å²) in [6, 6.07) is 5.73. The van der Waals surface area contributed by atoms with Crippen molar-refractivity contribution in [2.24, 2.45) is 0 Å². The van der Waals surface area contributed by atoms with E-state index in [2.05, 4.69) is 15.5 Å². The molecule has 1 aromatic carbocycles. The molecule has 2 rings (SSSR count). The monoisotopic (exact) mass is 219 g/mol. The number of hydrogen-bond acceptors (Lipinski definition) is 2. The Morgan fingerprint density at radius 1 is 1.50 bits per heavy atom. The molecular formula is C11H10FN3O. The van der Waals surface area contributed by atoms with Gasteiger partial charge in [-0.05, 0) is 25.1 Å². The molecule has 0 atom stereocenters. The van der Waals surface area contributed by atoms with Crippen LogP contribution in [0, 0.1) is 12.7 Å². The standard InChI is InChI=1S/C11H10FN3O/c1-7-10(6-13-15-7)11(16)14-9-4-2-3-8(12)5-9/h2-6H,1H3,(H,13,15)(H,14,16). The van der Waals surface area contributed by atoms with Gasteiger partial charge in [-0.1, -0.05) is 6.07 Å². The van der Waals surface area contributed by atoms with Gasteiger partial charge < -0.3 is 5.32 Å². The number of anilines is 1. The smallest absolute Gasteiger partial charge is 0.259 e. The van der Waals surface area contributed by atoms with Gasteiger partial charge in [-0.15, -0.1) is 0 Å². The molecule has 1 heterocycles. The van der Waals surface area contributed by atoms with Crippen LogP contribution in [0.1, 0.15) is 16.1 Å². The molecule has 0 saturated carbocycles. The minimum absolute atomic E-state index is 0.308. The minimum Gasteiger partial charge on any atom is -0.322 e. The topological polar surface area (TPSA) is 57.8 Å². The van der Waals surface area contributed by atoms with Crippen molar-refractivity contribution in [3.8, 4) is 0 Å². The van der Waals surface area contributed by atoms with E-state index in [4.69, 9.17) is 0 Å². The molecule has 2 aromatic rings. The van der Waals surface area contributed by atoms with Gasteiger partial charge in [-0.2, -0.15) is 5.10 Å². The number of amides is 1. The average molecular weight is 219 g/mol. The van der Waals surface area contributed by atoms with Crippen molar-refractivity contribution in [2.45, 2.75) is 6.92 Å². The summed E-state index contributed by atoms with van der Waals surface area (Å²) in [6.07, 6.45) is 1.43. The Labute approximate surface area is 91.5 Å². The van der Waals surface area contributed by atoms with E-state index in [-0.39, 0.29) is 11.7 Å². The number of aryl methyl sites for hydroxylation is 1. The van der Waals surface area contributed by atoms with Crippen LogP contribution in [-0.2, 0) is 0 Å². The van der Waals surface area contributed by atoms with E-state index in [0.29, 0.717) is 16.9 Å². The third-order valence-electron chi connectivity index (χ3n) is 2.16. The summed E-state index contributed by atoms with van der Waals surface area (Å²) in [4.78, 5) is 11.7. The van der Waals surface area contributed by atoms with E-state index in [0.717, 1.165) is 0 Å². The maximum atomic E-state index is 12.9. The number of nitrogens with zero attached hydrogens (tertiary/aromatic N) is 1. The van der Waals surface area contributed by atoms with Crippen LogP contribution in [0.5, 0.6) is 0 Å². The summed E-state index contributed by atoms with van der Waals surface area (Å²) < 4.78 is 12.9. The number of carbonyl (C=O) groups is 1. The molecule has 4 nitrogen and oxygen atoms in total. The first-order valence-electron chi connectivity index (χ1n) is 4.73. The first-order valence-corrected chi connectivity index (χ1v) is 4.73. The fraction of sp³-hybridized carbons (Fsp3) is 0.0909. The van der Waals surface area contributed by atoms with Gasteiger partial charge in [-0.3, -0.25) is 9.89 Å². The highest BCUT2D eigenvalue weighted by Gasteiger charge is 2.10. The van der Waals surface area contributed by atoms with Crippen LogP contribution in [0.25, 0.3) is 0 Å². The minimum atomic E-state index is -0.387. The van der Waals surface area contributed by atoms with Gasteiger partial charge in [0.2, 0.25) is 0 Å². The zero-order chi connectivity index (χ0) is 11.5. The maximum absolute atomic E-state index is 12.9. The number of hydrogen-bond donors (Lipinski definition) is 2. The fourth-order valence-electron chi connectivity index (χ4n) is 1.34. The van der Waals surface area contributed by atoms with Crippen molar-refractivity contribution < 1.29 is 9.18 Å². The maximum Gasteiger partial charge on any atom is 0.259 e. The number of benzene rings is 1. The molecule has 0 saturated heterocycles. The third kappa shape index (κ3) is 2.08. The summed E-state index contributed by atoms with van der Waals surface area (Å²) in [5.41, 5.74) is 1.55. The second-order valence-corrected chi connectivity index (χ2v) is 3.37. The van der Waals surface area contributed by atoms with Crippen LogP contribution >= 0.6 is 0 Å². The molecular weight excluding hydrogens is 209 g/mol. The molecule has 0 unspecified atom stereocenters. The van der Waals surface area contributed by atoms with Crippen LogP contribution in [-0.4, -0.2) is 16.1 Å². The van der Waals surface area contributed by atoms with Gasteiger partial charge in [0.05, 0.1) is 11.8 Å². The van der Waals surface area contributed by atoms with E-state index in [9.17, 15) is 9.18 Å². The van der Waals surface area contributed by atoms with E-state index in [1.807, 2.05) is 0 Å². The largest absolute Gasteiger partial charge is 0.322 e. The van der Waals surface area contributed by atoms with Crippen molar-refractivity contribution >= 4 is 11.6 Å². The van der Waals surface area contributed by atoms with Gasteiger partial charge in [-0.25, -0.2) is 4.39 Å². The molecule has 0 fully saturated rings. The number of nitrogens with one attached hydrogen (secondary N) is 2. The molecule has 2 N–H and O–H groups in total. The zero-order valence-electron chi connectivity index (χ0n) is 8.62. The van der Waals surface area contributed by atoms with E-state index >= 15 is 0 Å². The molecule has 82 valence electrons. The Morgan fingerprint density at radius 2 is 2.31 bits per heavy atom. The first-order chi connectivity index (χ1) is 7.66. The van der Waals surface area contributed by atoms with Gasteiger partial charge in [0.15, 0.2) is 0 Å². The molecule has 1 amide bonds. The lowest BCUT2D eigenvalue weighted by Crippen LogP contribution is -2.12. The van der Waals surface area contributed by atoms with Crippen molar-refractivity contribution in [1.82, 2.24) is 10.2 Å². The lowest BCUT2D eigenvalue weighted by Gasteiger charge is -2.03. The summed E-state index contributed by atoms with van der Waals surface area (Å²) >= 11 is 0. The lowest BCUT2D eigenvalue weighted by atomic mass is 10.2. The second-order valence-electron chi connectivity index (χ2n) is 3.37. The predicted octanol–water partition coefficient (Wildman–Crippen LogP) is 2.11. The molecule has 0 bridgehead atoms. The number of rotatable bonds is 2. The highest BCUT2D eigenvalue weighted by atomic mass is 19.1. The SMILES string of the molecule is Cc1[nH]ncc1C(=O)Nc1cccc(F)c1. The Morgan fingerprint density at radius 3 is 2.94 bits per heavy atom. The Bertz CT molecular complexity index is 521. The molecule has 5 heteroatoms. The summed E-state index contributed by atoms with van der Waals surface area (Å²) in [5.74, 6) is -0.696. The summed E-state index contributed by atoms with van der Waals surface area (Å²) in [5, 5.41) is 8.99. The normalized spacial score (nSPS) is 10.1. The van der Waals surface area contributed by atoms with Crippen molar-refractivity contribution in [2.75, 3.05) is 5.32 Å². The quantitative estimate of drug-likeness (QED) is 0.812. The first kappa shape index (κ1) is 10.4. The van der Waals surface area contributed by atoms with Crippen molar-refractivity contribution in [1.29, 1.82) is 0 Å². The van der Waals surface area contributed by atoms with Crippen LogP contribution in [0.4, 0.5) is 10.1 Å². The number of halogens is 1. The summed E-state index contributed by atoms with van der Waals surface area (Å²) in [6.45, 7) is 1.74. The zero-order valence-corrected chi connectivity index (χ0v) is 8.62. The second kappa shape index (κ2) is 4.14. The highest BCUT2D eigenvalue weighted by molar-refractivity contribution is 6.04. The van der Waals surface area contributed by atoms with Crippen LogP contribution < -0.4 is 5.32 Å². The Hall–Kier alpha value is -2.17. The molecule has 0 aliphatic carbocycles.